The lowest BCUT2D eigenvalue weighted by Gasteiger charge is -2.40. The number of halogens is 1. The quantitative estimate of drug-likeness (QED) is 0.235. The van der Waals surface area contributed by atoms with Gasteiger partial charge in [-0.15, -0.1) is 0 Å². The number of aromatic nitrogens is 3. The van der Waals surface area contributed by atoms with Gasteiger partial charge in [0, 0.05) is 67.2 Å². The number of benzene rings is 3. The maximum atomic E-state index is 14.6. The van der Waals surface area contributed by atoms with Crippen LogP contribution in [0.5, 0.6) is 5.75 Å². The molecule has 254 valence electrons. The third-order valence-electron chi connectivity index (χ3n) is 11.4. The SMILES string of the molecule is COc1cc(C(=O)N2CC3CCC2[C@@H]3N)cc2nc(-c3cc4ccccc4n3CC3CC3)n(CC3CN(C(=O)c4cc(C#N)ccc4F)C3)c12. The van der Waals surface area contributed by atoms with Crippen LogP contribution in [0.4, 0.5) is 4.39 Å². The van der Waals surface area contributed by atoms with Crippen molar-refractivity contribution in [3.8, 4) is 23.3 Å². The minimum absolute atomic E-state index is 0.0180. The van der Waals surface area contributed by atoms with Crippen molar-refractivity contribution in [2.75, 3.05) is 26.7 Å². The van der Waals surface area contributed by atoms with Crippen LogP contribution in [-0.4, -0.2) is 74.6 Å². The minimum atomic E-state index is -0.636. The Morgan fingerprint density at radius 2 is 1.76 bits per heavy atom. The molecular formula is C39H38FN7O3. The number of methoxy groups -OCH3 is 1. The van der Waals surface area contributed by atoms with Crippen molar-refractivity contribution in [3.63, 3.8) is 0 Å². The highest BCUT2D eigenvalue weighted by Gasteiger charge is 2.47. The van der Waals surface area contributed by atoms with Crippen molar-refractivity contribution in [3.05, 3.63) is 83.2 Å². The Labute approximate surface area is 288 Å². The topological polar surface area (TPSA) is 122 Å². The molecule has 3 aromatic carbocycles. The van der Waals surface area contributed by atoms with Crippen LogP contribution in [-0.2, 0) is 13.1 Å². The molecule has 4 fully saturated rings. The number of hydrogen-bond donors (Lipinski definition) is 1. The van der Waals surface area contributed by atoms with Gasteiger partial charge >= 0.3 is 0 Å². The van der Waals surface area contributed by atoms with Gasteiger partial charge in [0.15, 0.2) is 5.82 Å². The van der Waals surface area contributed by atoms with Gasteiger partial charge in [-0.1, -0.05) is 18.2 Å². The first-order valence-corrected chi connectivity index (χ1v) is 17.5. The number of ether oxygens (including phenoxy) is 1. The first-order valence-electron chi connectivity index (χ1n) is 17.5. The summed E-state index contributed by atoms with van der Waals surface area (Å²) in [5.74, 6) is 1.25. The van der Waals surface area contributed by atoms with Gasteiger partial charge in [-0.2, -0.15) is 5.26 Å². The van der Waals surface area contributed by atoms with E-state index in [4.69, 9.17) is 15.5 Å². The first kappa shape index (κ1) is 30.8. The second-order valence-corrected chi connectivity index (χ2v) is 14.6. The van der Waals surface area contributed by atoms with Crippen molar-refractivity contribution in [1.29, 1.82) is 5.26 Å². The Morgan fingerprint density at radius 1 is 0.960 bits per heavy atom. The molecule has 5 aromatic rings. The maximum absolute atomic E-state index is 14.6. The van der Waals surface area contributed by atoms with Gasteiger partial charge in [-0.3, -0.25) is 9.59 Å². The average Bonchev–Trinajstić information content (AvgIpc) is 3.47. The van der Waals surface area contributed by atoms with E-state index < -0.39 is 11.7 Å². The first-order chi connectivity index (χ1) is 24.3. The molecule has 3 atom stereocenters. The number of piperidine rings is 1. The zero-order valence-electron chi connectivity index (χ0n) is 27.9. The van der Waals surface area contributed by atoms with Crippen LogP contribution in [0.3, 0.4) is 0 Å². The summed E-state index contributed by atoms with van der Waals surface area (Å²) in [6, 6.07) is 20.2. The van der Waals surface area contributed by atoms with Crippen LogP contribution in [0, 0.1) is 34.9 Å². The van der Waals surface area contributed by atoms with Gasteiger partial charge < -0.3 is 29.4 Å². The fraction of sp³-hybridized carbons (Fsp3) is 0.385. The van der Waals surface area contributed by atoms with Gasteiger partial charge in [0.2, 0.25) is 0 Å². The summed E-state index contributed by atoms with van der Waals surface area (Å²) in [5, 5.41) is 10.4. The molecule has 4 aliphatic rings. The van der Waals surface area contributed by atoms with E-state index in [1.807, 2.05) is 29.2 Å². The molecule has 10 nitrogen and oxygen atoms in total. The summed E-state index contributed by atoms with van der Waals surface area (Å²) in [5.41, 5.74) is 10.8. The van der Waals surface area contributed by atoms with Crippen LogP contribution in [0.1, 0.15) is 52.0 Å². The molecule has 2 bridgehead atoms. The Kier molecular flexibility index (Phi) is 7.21. The van der Waals surface area contributed by atoms with Gasteiger partial charge in [0.25, 0.3) is 11.8 Å². The van der Waals surface area contributed by atoms with Crippen molar-refractivity contribution in [2.24, 2.45) is 23.5 Å². The second kappa shape index (κ2) is 11.7. The van der Waals surface area contributed by atoms with Gasteiger partial charge in [0.1, 0.15) is 17.1 Å². The molecule has 2 N–H and O–H groups in total. The Hall–Kier alpha value is -5.21. The summed E-state index contributed by atoms with van der Waals surface area (Å²) in [4.78, 5) is 36.1. The lowest BCUT2D eigenvalue weighted by molar-refractivity contribution is 0.0466. The number of carbonyl (C=O) groups is 2. The number of likely N-dealkylation sites (tertiary alicyclic amines) is 2. The Bertz CT molecular complexity index is 2240. The summed E-state index contributed by atoms with van der Waals surface area (Å²) in [6.07, 6.45) is 4.39. The molecule has 11 heteroatoms. The molecule has 2 saturated carbocycles. The van der Waals surface area contributed by atoms with E-state index >= 15 is 0 Å². The van der Waals surface area contributed by atoms with Crippen molar-refractivity contribution >= 4 is 33.8 Å². The number of para-hydroxylation sites is 1. The number of nitrogens with two attached hydrogens (primary N) is 1. The Balaban J connectivity index is 1.11. The van der Waals surface area contributed by atoms with Gasteiger partial charge in [-0.25, -0.2) is 9.37 Å². The number of amides is 2. The highest BCUT2D eigenvalue weighted by molar-refractivity contribution is 6.01. The zero-order chi connectivity index (χ0) is 34.3. The third-order valence-corrected chi connectivity index (χ3v) is 11.4. The molecular weight excluding hydrogens is 633 g/mol. The van der Waals surface area contributed by atoms with E-state index in [2.05, 4.69) is 33.4 Å². The molecule has 2 aromatic heterocycles. The molecule has 2 unspecified atom stereocenters. The van der Waals surface area contributed by atoms with Gasteiger partial charge in [-0.05, 0) is 80.0 Å². The minimum Gasteiger partial charge on any atom is -0.494 e. The maximum Gasteiger partial charge on any atom is 0.256 e. The fourth-order valence-electron chi connectivity index (χ4n) is 8.52. The number of hydrogen-bond acceptors (Lipinski definition) is 6. The van der Waals surface area contributed by atoms with Crippen molar-refractivity contribution < 1.29 is 18.7 Å². The van der Waals surface area contributed by atoms with Crippen LogP contribution in [0.2, 0.25) is 0 Å². The van der Waals surface area contributed by atoms with E-state index in [0.29, 0.717) is 54.8 Å². The third kappa shape index (κ3) is 4.96. The molecule has 2 saturated heterocycles. The number of nitriles is 1. The van der Waals surface area contributed by atoms with Gasteiger partial charge in [0.05, 0.1) is 35.5 Å². The highest BCUT2D eigenvalue weighted by Crippen LogP contribution is 2.41. The van der Waals surface area contributed by atoms with Crippen molar-refractivity contribution in [2.45, 2.75) is 50.9 Å². The molecule has 2 amide bonds. The standard InChI is InChI=1S/C39H38FN7O3/c1-50-34-15-27(38(48)46-21-26-9-11-32(46)35(26)42)13-30-36(34)47(20-24-17-44(18-24)39(49)28-12-23(16-41)8-10-29(28)40)37(43-30)33-14-25-4-2-3-5-31(25)45(33)19-22-6-7-22/h2-5,8,10,12-15,22,24,26,32,35H,6-7,9,11,17-21,42H2,1H3/t26?,32?,35-/m1/s1. The number of nitrogens with zero attached hydrogens (tertiary/aromatic N) is 6. The Morgan fingerprint density at radius 3 is 2.48 bits per heavy atom. The molecule has 4 heterocycles. The average molecular weight is 672 g/mol. The molecule has 0 spiro atoms. The molecule has 2 aliphatic heterocycles. The molecule has 50 heavy (non-hydrogen) atoms. The molecule has 9 rings (SSSR count). The van der Waals surface area contributed by atoms with E-state index in [1.54, 1.807) is 12.0 Å². The van der Waals surface area contributed by atoms with Crippen LogP contribution >= 0.6 is 0 Å². The number of carbonyl (C=O) groups excluding carboxylic acids is 2. The molecule has 2 aliphatic carbocycles. The zero-order valence-corrected chi connectivity index (χ0v) is 27.9. The highest BCUT2D eigenvalue weighted by atomic mass is 19.1. The van der Waals surface area contributed by atoms with Crippen molar-refractivity contribution in [1.82, 2.24) is 23.9 Å². The fourth-order valence-corrected chi connectivity index (χ4v) is 8.52. The normalized spacial score (nSPS) is 21.6. The van der Waals surface area contributed by atoms with Crippen LogP contribution in [0.25, 0.3) is 33.5 Å². The second-order valence-electron chi connectivity index (χ2n) is 14.6. The summed E-state index contributed by atoms with van der Waals surface area (Å²) < 4.78 is 25.2. The number of imidazole rings is 1. The largest absolute Gasteiger partial charge is 0.494 e. The predicted molar refractivity (Wildman–Crippen MR) is 186 cm³/mol. The van der Waals surface area contributed by atoms with E-state index in [-0.39, 0.29) is 35.0 Å². The monoisotopic (exact) mass is 671 g/mol. The van der Waals surface area contributed by atoms with Crippen LogP contribution < -0.4 is 10.5 Å². The lowest BCUT2D eigenvalue weighted by atomic mass is 9.97. The summed E-state index contributed by atoms with van der Waals surface area (Å²) in [6.45, 7) is 2.96. The van der Waals surface area contributed by atoms with E-state index in [0.717, 1.165) is 47.3 Å². The summed E-state index contributed by atoms with van der Waals surface area (Å²) >= 11 is 0. The van der Waals surface area contributed by atoms with E-state index in [1.165, 1.54) is 31.0 Å². The van der Waals surface area contributed by atoms with Crippen LogP contribution in [0.15, 0.2) is 60.7 Å². The molecule has 0 radical (unpaired) electrons. The smallest absolute Gasteiger partial charge is 0.256 e. The predicted octanol–water partition coefficient (Wildman–Crippen LogP) is 5.42. The summed E-state index contributed by atoms with van der Waals surface area (Å²) in [7, 11) is 1.62. The van der Waals surface area contributed by atoms with E-state index in [9.17, 15) is 19.2 Å². The number of rotatable bonds is 8. The number of fused-ring (bicyclic) bond motifs is 4. The lowest BCUT2D eigenvalue weighted by Crippen LogP contribution is -2.51.